The second-order valence-corrected chi connectivity index (χ2v) is 5.91. The van der Waals surface area contributed by atoms with Gasteiger partial charge in [-0.25, -0.2) is 4.68 Å². The van der Waals surface area contributed by atoms with Gasteiger partial charge in [-0.3, -0.25) is 0 Å². The molecule has 19 heavy (non-hydrogen) atoms. The maximum atomic E-state index is 6.06. The second-order valence-electron chi connectivity index (χ2n) is 5.91. The number of ether oxygens (including phenoxy) is 1. The summed E-state index contributed by atoms with van der Waals surface area (Å²) >= 11 is 0. The lowest BCUT2D eigenvalue weighted by atomic mass is 10.0. The van der Waals surface area contributed by atoms with Crippen molar-refractivity contribution in [2.45, 2.75) is 70.6 Å². The maximum absolute atomic E-state index is 6.06. The third-order valence-electron chi connectivity index (χ3n) is 4.33. The Morgan fingerprint density at radius 2 is 2.32 bits per heavy atom. The Morgan fingerprint density at radius 1 is 1.42 bits per heavy atom. The molecule has 1 aromatic heterocycles. The van der Waals surface area contributed by atoms with E-state index in [1.165, 1.54) is 37.2 Å². The number of nitrogens with zero attached hydrogens (tertiary/aromatic N) is 2. The zero-order valence-electron chi connectivity index (χ0n) is 12.1. The first-order valence-corrected chi connectivity index (χ1v) is 7.75. The summed E-state index contributed by atoms with van der Waals surface area (Å²) in [4.78, 5) is 0. The highest BCUT2D eigenvalue weighted by Gasteiger charge is 2.34. The molecule has 1 saturated heterocycles. The molecule has 0 saturated carbocycles. The van der Waals surface area contributed by atoms with Crippen LogP contribution in [0.5, 0.6) is 0 Å². The highest BCUT2D eigenvalue weighted by Crippen LogP contribution is 2.34. The van der Waals surface area contributed by atoms with Crippen molar-refractivity contribution in [3.8, 4) is 0 Å². The van der Waals surface area contributed by atoms with E-state index in [9.17, 15) is 0 Å². The van der Waals surface area contributed by atoms with E-state index in [1.807, 2.05) is 0 Å². The van der Waals surface area contributed by atoms with Crippen LogP contribution in [0, 0.1) is 0 Å². The molecule has 0 aliphatic carbocycles. The predicted molar refractivity (Wildman–Crippen MR) is 76.6 cm³/mol. The van der Waals surface area contributed by atoms with Gasteiger partial charge in [0.1, 0.15) is 5.82 Å². The Bertz CT molecular complexity index is 429. The van der Waals surface area contributed by atoms with Gasteiger partial charge >= 0.3 is 0 Å². The van der Waals surface area contributed by atoms with Gasteiger partial charge in [0, 0.05) is 12.6 Å². The van der Waals surface area contributed by atoms with E-state index in [0.29, 0.717) is 18.2 Å². The summed E-state index contributed by atoms with van der Waals surface area (Å²) < 4.78 is 8.25. The number of rotatable bonds is 4. The van der Waals surface area contributed by atoms with Crippen LogP contribution in [0.2, 0.25) is 0 Å². The molecular formula is C15H25N3O. The fraction of sp³-hybridized carbons (Fsp3) is 0.800. The first-order chi connectivity index (χ1) is 9.28. The molecule has 0 spiro atoms. The monoisotopic (exact) mass is 263 g/mol. The third-order valence-corrected chi connectivity index (χ3v) is 4.33. The van der Waals surface area contributed by atoms with Gasteiger partial charge in [0.05, 0.1) is 23.9 Å². The number of fused-ring (bicyclic) bond motifs is 1. The number of hydrogen-bond acceptors (Lipinski definition) is 3. The van der Waals surface area contributed by atoms with Crippen LogP contribution in [-0.2, 0) is 11.2 Å². The largest absolute Gasteiger partial charge is 0.373 e. The topological polar surface area (TPSA) is 39.1 Å². The number of unbranched alkanes of at least 4 members (excludes halogenated alkanes) is 1. The van der Waals surface area contributed by atoms with E-state index < -0.39 is 0 Å². The fourth-order valence-corrected chi connectivity index (χ4v) is 3.24. The summed E-state index contributed by atoms with van der Waals surface area (Å²) in [7, 11) is 0. The number of hydrogen-bond donors (Lipinski definition) is 1. The summed E-state index contributed by atoms with van der Waals surface area (Å²) in [6.07, 6.45) is 7.80. The standard InChI is InChI=1S/C15H25N3O/c1-3-4-5-12-10-15-16-9-8-13(18(15)17-12)14-7-6-11(2)19-14/h10-11,13-14,16H,3-9H2,1-2H3. The molecule has 2 aliphatic heterocycles. The van der Waals surface area contributed by atoms with Gasteiger partial charge in [-0.1, -0.05) is 13.3 Å². The summed E-state index contributed by atoms with van der Waals surface area (Å²) in [6, 6.07) is 2.65. The Balaban J connectivity index is 1.77. The van der Waals surface area contributed by atoms with Crippen LogP contribution < -0.4 is 5.32 Å². The molecule has 0 bridgehead atoms. The minimum atomic E-state index is 0.356. The van der Waals surface area contributed by atoms with Crippen molar-refractivity contribution in [1.29, 1.82) is 0 Å². The van der Waals surface area contributed by atoms with Crippen molar-refractivity contribution in [3.63, 3.8) is 0 Å². The summed E-state index contributed by atoms with van der Waals surface area (Å²) in [6.45, 7) is 5.44. The van der Waals surface area contributed by atoms with Crippen LogP contribution in [0.25, 0.3) is 0 Å². The molecule has 3 rings (SSSR count). The molecule has 3 unspecified atom stereocenters. The molecule has 0 radical (unpaired) electrons. The van der Waals surface area contributed by atoms with E-state index in [0.717, 1.165) is 19.4 Å². The van der Waals surface area contributed by atoms with E-state index in [1.54, 1.807) is 0 Å². The first kappa shape index (κ1) is 13.0. The Kier molecular flexibility index (Phi) is 3.78. The van der Waals surface area contributed by atoms with Crippen molar-refractivity contribution >= 4 is 5.82 Å². The van der Waals surface area contributed by atoms with Crippen molar-refractivity contribution in [1.82, 2.24) is 9.78 Å². The number of nitrogens with one attached hydrogen (secondary N) is 1. The lowest BCUT2D eigenvalue weighted by Gasteiger charge is -2.29. The van der Waals surface area contributed by atoms with E-state index >= 15 is 0 Å². The molecule has 1 fully saturated rings. The fourth-order valence-electron chi connectivity index (χ4n) is 3.24. The van der Waals surface area contributed by atoms with Crippen molar-refractivity contribution in [3.05, 3.63) is 11.8 Å². The van der Waals surface area contributed by atoms with Gasteiger partial charge in [0.2, 0.25) is 0 Å². The van der Waals surface area contributed by atoms with Crippen LogP contribution in [0.1, 0.15) is 57.7 Å². The second kappa shape index (κ2) is 5.53. The van der Waals surface area contributed by atoms with Crippen molar-refractivity contribution in [2.75, 3.05) is 11.9 Å². The maximum Gasteiger partial charge on any atom is 0.124 e. The Labute approximate surface area is 115 Å². The zero-order valence-corrected chi connectivity index (χ0v) is 12.1. The predicted octanol–water partition coefficient (Wildman–Crippen LogP) is 3.15. The van der Waals surface area contributed by atoms with Gasteiger partial charge < -0.3 is 10.1 Å². The number of aromatic nitrogens is 2. The molecule has 1 N–H and O–H groups in total. The molecule has 0 aromatic carbocycles. The highest BCUT2D eigenvalue weighted by molar-refractivity contribution is 5.39. The normalized spacial score (nSPS) is 30.1. The Hall–Kier alpha value is -1.03. The summed E-state index contributed by atoms with van der Waals surface area (Å²) in [5.41, 5.74) is 1.22. The van der Waals surface area contributed by atoms with Gasteiger partial charge in [0.15, 0.2) is 0 Å². The van der Waals surface area contributed by atoms with Crippen LogP contribution >= 0.6 is 0 Å². The zero-order chi connectivity index (χ0) is 13.2. The van der Waals surface area contributed by atoms with E-state index in [-0.39, 0.29) is 0 Å². The van der Waals surface area contributed by atoms with Crippen molar-refractivity contribution in [2.24, 2.45) is 0 Å². The quantitative estimate of drug-likeness (QED) is 0.907. The molecule has 3 heterocycles. The highest BCUT2D eigenvalue weighted by atomic mass is 16.5. The SMILES string of the molecule is CCCCc1cc2n(n1)C(C1CCC(C)O1)CCN2. The van der Waals surface area contributed by atoms with Crippen LogP contribution in [0.4, 0.5) is 5.82 Å². The summed E-state index contributed by atoms with van der Waals surface area (Å²) in [5.74, 6) is 1.19. The Morgan fingerprint density at radius 3 is 3.05 bits per heavy atom. The van der Waals surface area contributed by atoms with Crippen molar-refractivity contribution < 1.29 is 4.74 Å². The van der Waals surface area contributed by atoms with Gasteiger partial charge in [0.25, 0.3) is 0 Å². The van der Waals surface area contributed by atoms with Gasteiger partial charge in [-0.15, -0.1) is 0 Å². The lowest BCUT2D eigenvalue weighted by molar-refractivity contribution is 0.0172. The van der Waals surface area contributed by atoms with E-state index in [4.69, 9.17) is 9.84 Å². The van der Waals surface area contributed by atoms with Gasteiger partial charge in [-0.2, -0.15) is 5.10 Å². The van der Waals surface area contributed by atoms with Crippen LogP contribution in [-0.4, -0.2) is 28.5 Å². The molecule has 3 atom stereocenters. The molecule has 4 heteroatoms. The van der Waals surface area contributed by atoms with Crippen LogP contribution in [0.3, 0.4) is 0 Å². The van der Waals surface area contributed by atoms with Crippen LogP contribution in [0.15, 0.2) is 6.07 Å². The minimum absolute atomic E-state index is 0.356. The van der Waals surface area contributed by atoms with Gasteiger partial charge in [-0.05, 0) is 39.0 Å². The average molecular weight is 263 g/mol. The molecule has 1 aromatic rings. The smallest absolute Gasteiger partial charge is 0.124 e. The number of anilines is 1. The van der Waals surface area contributed by atoms with E-state index in [2.05, 4.69) is 29.9 Å². The third kappa shape index (κ3) is 2.64. The average Bonchev–Trinajstić information content (AvgIpc) is 3.01. The molecule has 0 amide bonds. The molecular weight excluding hydrogens is 238 g/mol. The molecule has 2 aliphatic rings. The molecule has 4 nitrogen and oxygen atoms in total. The first-order valence-electron chi connectivity index (χ1n) is 7.75. The summed E-state index contributed by atoms with van der Waals surface area (Å²) in [5, 5.41) is 8.28. The molecule has 106 valence electrons. The lowest BCUT2D eigenvalue weighted by Crippen LogP contribution is -2.32. The minimum Gasteiger partial charge on any atom is -0.373 e. The number of aryl methyl sites for hydroxylation is 1.